The Kier molecular flexibility index (Phi) is 12.7. The fraction of sp³-hybridized carbons (Fsp3) is 0.533. The van der Waals surface area contributed by atoms with E-state index in [0.29, 0.717) is 0 Å². The van der Waals surface area contributed by atoms with Crippen molar-refractivity contribution in [2.45, 2.75) is 12.3 Å². The van der Waals surface area contributed by atoms with Gasteiger partial charge in [-0.2, -0.15) is 11.8 Å². The van der Waals surface area contributed by atoms with Gasteiger partial charge in [-0.3, -0.25) is 4.99 Å². The first-order valence-corrected chi connectivity index (χ1v) is 9.69. The number of hydrogen-bond acceptors (Lipinski definition) is 7. The third kappa shape index (κ3) is 12.4. The van der Waals surface area contributed by atoms with E-state index < -0.39 is 11.9 Å². The molecule has 1 heterocycles. The minimum absolute atomic E-state index is 0.857. The van der Waals surface area contributed by atoms with Crippen LogP contribution in [0, 0.1) is 0 Å². The van der Waals surface area contributed by atoms with E-state index in [0.717, 1.165) is 41.3 Å². The van der Waals surface area contributed by atoms with Crippen LogP contribution < -0.4 is 5.32 Å². The first-order valence-electron chi connectivity index (χ1n) is 7.31. The second-order valence-corrected chi connectivity index (χ2v) is 6.83. The van der Waals surface area contributed by atoms with Crippen molar-refractivity contribution in [2.24, 2.45) is 4.99 Å². The highest BCUT2D eigenvalue weighted by Crippen LogP contribution is 2.15. The van der Waals surface area contributed by atoms with E-state index in [4.69, 9.17) is 24.2 Å². The van der Waals surface area contributed by atoms with Crippen molar-refractivity contribution < 1.29 is 24.2 Å². The molecule has 0 aliphatic rings. The summed E-state index contributed by atoms with van der Waals surface area (Å²) in [5.74, 6) is 0.401. The SMILES string of the molecule is CN=C(NCCSCc1ccc(CN(C)C)o1)SC.O=C(O)C(=O)O. The topological polar surface area (TPSA) is 115 Å². The highest BCUT2D eigenvalue weighted by Gasteiger charge is 2.04. The summed E-state index contributed by atoms with van der Waals surface area (Å²) in [6.07, 6.45) is 2.03. The number of nitrogens with one attached hydrogen (secondary N) is 1. The number of furan rings is 1. The molecule has 0 spiro atoms. The number of amidine groups is 1. The van der Waals surface area contributed by atoms with Gasteiger partial charge in [0, 0.05) is 19.3 Å². The molecule has 0 saturated carbocycles. The lowest BCUT2D eigenvalue weighted by atomic mass is 10.4. The van der Waals surface area contributed by atoms with Crippen LogP contribution in [0.3, 0.4) is 0 Å². The van der Waals surface area contributed by atoms with E-state index in [1.54, 1.807) is 18.8 Å². The lowest BCUT2D eigenvalue weighted by Crippen LogP contribution is -2.22. The van der Waals surface area contributed by atoms with Gasteiger partial charge in [-0.15, -0.1) is 0 Å². The Balaban J connectivity index is 0.000000823. The van der Waals surface area contributed by atoms with E-state index in [2.05, 4.69) is 27.3 Å². The van der Waals surface area contributed by atoms with E-state index in [1.807, 2.05) is 32.1 Å². The molecule has 0 bridgehead atoms. The standard InChI is InChI=1S/C13H23N3OS2.C2H2O4/c1-14-13(18-4)15-7-8-19-10-12-6-5-11(17-12)9-16(2)3;3-1(4)2(5)6/h5-6H,7-10H2,1-4H3,(H,14,15);(H,3,4)(H,5,6). The summed E-state index contributed by atoms with van der Waals surface area (Å²) in [5.41, 5.74) is 0. The fourth-order valence-corrected chi connectivity index (χ4v) is 2.72. The number of nitrogens with zero attached hydrogens (tertiary/aromatic N) is 2. The van der Waals surface area contributed by atoms with Crippen LogP contribution in [0.5, 0.6) is 0 Å². The summed E-state index contributed by atoms with van der Waals surface area (Å²) < 4.78 is 5.75. The molecule has 1 aromatic heterocycles. The van der Waals surface area contributed by atoms with Crippen LogP contribution in [-0.4, -0.2) is 71.9 Å². The van der Waals surface area contributed by atoms with Gasteiger partial charge in [0.1, 0.15) is 11.5 Å². The second-order valence-electron chi connectivity index (χ2n) is 4.93. The molecule has 0 saturated heterocycles. The average Bonchev–Trinajstić information content (AvgIpc) is 2.98. The van der Waals surface area contributed by atoms with Crippen molar-refractivity contribution in [3.8, 4) is 0 Å². The normalized spacial score (nSPS) is 11.0. The summed E-state index contributed by atoms with van der Waals surface area (Å²) in [6.45, 7) is 1.79. The van der Waals surface area contributed by atoms with Crippen molar-refractivity contribution in [2.75, 3.05) is 39.7 Å². The maximum Gasteiger partial charge on any atom is 0.414 e. The van der Waals surface area contributed by atoms with Crippen LogP contribution in [0.25, 0.3) is 0 Å². The molecule has 25 heavy (non-hydrogen) atoms. The Labute approximate surface area is 156 Å². The molecule has 0 fully saturated rings. The Hall–Kier alpha value is -1.65. The first-order chi connectivity index (χ1) is 11.8. The molecule has 0 unspecified atom stereocenters. The summed E-state index contributed by atoms with van der Waals surface area (Å²) in [6, 6.07) is 4.13. The maximum absolute atomic E-state index is 9.10. The molecule has 0 amide bonds. The maximum atomic E-state index is 9.10. The summed E-state index contributed by atoms with van der Waals surface area (Å²) >= 11 is 3.51. The van der Waals surface area contributed by atoms with Crippen LogP contribution in [0.2, 0.25) is 0 Å². The van der Waals surface area contributed by atoms with Crippen LogP contribution in [0.15, 0.2) is 21.5 Å². The lowest BCUT2D eigenvalue weighted by molar-refractivity contribution is -0.159. The van der Waals surface area contributed by atoms with Crippen molar-refractivity contribution in [1.29, 1.82) is 0 Å². The molecular weight excluding hydrogens is 366 g/mol. The highest BCUT2D eigenvalue weighted by atomic mass is 32.2. The monoisotopic (exact) mass is 391 g/mol. The van der Waals surface area contributed by atoms with Gasteiger partial charge in [-0.25, -0.2) is 9.59 Å². The van der Waals surface area contributed by atoms with E-state index >= 15 is 0 Å². The third-order valence-electron chi connectivity index (χ3n) is 2.54. The molecule has 3 N–H and O–H groups in total. The molecule has 10 heteroatoms. The zero-order chi connectivity index (χ0) is 19.2. The van der Waals surface area contributed by atoms with Gasteiger partial charge < -0.3 is 24.8 Å². The first kappa shape index (κ1) is 23.4. The highest BCUT2D eigenvalue weighted by molar-refractivity contribution is 8.13. The van der Waals surface area contributed by atoms with Gasteiger partial charge in [-0.1, -0.05) is 11.8 Å². The lowest BCUT2D eigenvalue weighted by Gasteiger charge is -2.06. The van der Waals surface area contributed by atoms with Gasteiger partial charge >= 0.3 is 11.9 Å². The molecule has 1 rings (SSSR count). The van der Waals surface area contributed by atoms with Crippen molar-refractivity contribution >= 4 is 40.6 Å². The van der Waals surface area contributed by atoms with Crippen molar-refractivity contribution in [3.05, 3.63) is 23.7 Å². The number of rotatable bonds is 7. The van der Waals surface area contributed by atoms with Crippen LogP contribution >= 0.6 is 23.5 Å². The average molecular weight is 392 g/mol. The second kappa shape index (κ2) is 13.6. The minimum Gasteiger partial charge on any atom is -0.473 e. The number of carboxylic acid groups (broad SMARTS) is 2. The predicted molar refractivity (Wildman–Crippen MR) is 102 cm³/mol. The van der Waals surface area contributed by atoms with E-state index in [-0.39, 0.29) is 0 Å². The quantitative estimate of drug-likeness (QED) is 0.276. The molecule has 0 atom stereocenters. The minimum atomic E-state index is -1.82. The predicted octanol–water partition coefficient (Wildman–Crippen LogP) is 1.67. The Morgan fingerprint density at radius 3 is 2.32 bits per heavy atom. The number of aliphatic carboxylic acids is 2. The largest absolute Gasteiger partial charge is 0.473 e. The number of hydrogen-bond donors (Lipinski definition) is 3. The van der Waals surface area contributed by atoms with Gasteiger partial charge in [-0.05, 0) is 32.5 Å². The third-order valence-corrected chi connectivity index (χ3v) is 4.23. The van der Waals surface area contributed by atoms with E-state index in [9.17, 15) is 0 Å². The van der Waals surface area contributed by atoms with Crippen molar-refractivity contribution in [1.82, 2.24) is 10.2 Å². The zero-order valence-corrected chi connectivity index (χ0v) is 16.4. The Morgan fingerprint density at radius 2 is 1.84 bits per heavy atom. The van der Waals surface area contributed by atoms with Gasteiger partial charge in [0.05, 0.1) is 12.3 Å². The number of thioether (sulfide) groups is 2. The number of carboxylic acids is 2. The number of carbonyl (C=O) groups is 2. The molecular formula is C15H25N3O5S2. The van der Waals surface area contributed by atoms with Gasteiger partial charge in [0.2, 0.25) is 0 Å². The van der Waals surface area contributed by atoms with Crippen molar-refractivity contribution in [3.63, 3.8) is 0 Å². The Bertz CT molecular complexity index is 549. The Morgan fingerprint density at radius 1 is 1.24 bits per heavy atom. The molecule has 8 nitrogen and oxygen atoms in total. The van der Waals surface area contributed by atoms with Crippen LogP contribution in [0.1, 0.15) is 11.5 Å². The molecule has 0 aliphatic carbocycles. The molecule has 142 valence electrons. The molecule has 1 aromatic rings. The summed E-state index contributed by atoms with van der Waals surface area (Å²) in [5, 5.41) is 19.1. The zero-order valence-electron chi connectivity index (χ0n) is 14.8. The molecule has 0 aliphatic heterocycles. The van der Waals surface area contributed by atoms with Gasteiger partial charge in [0.15, 0.2) is 5.17 Å². The van der Waals surface area contributed by atoms with Gasteiger partial charge in [0.25, 0.3) is 0 Å². The van der Waals surface area contributed by atoms with Crippen LogP contribution in [-0.2, 0) is 21.9 Å². The summed E-state index contributed by atoms with van der Waals surface area (Å²) in [4.78, 5) is 24.4. The van der Waals surface area contributed by atoms with E-state index in [1.165, 1.54) is 0 Å². The molecule has 0 radical (unpaired) electrons. The molecule has 0 aromatic carbocycles. The fourth-order valence-electron chi connectivity index (χ4n) is 1.54. The van der Waals surface area contributed by atoms with Crippen LogP contribution in [0.4, 0.5) is 0 Å². The number of aliphatic imine (C=N–C) groups is 1. The summed E-state index contributed by atoms with van der Waals surface area (Å²) in [7, 11) is 5.89. The smallest absolute Gasteiger partial charge is 0.414 e.